The van der Waals surface area contributed by atoms with Gasteiger partial charge in [-0.2, -0.15) is 5.11 Å². The summed E-state index contributed by atoms with van der Waals surface area (Å²) in [6, 6.07) is 0. The molecule has 0 aromatic carbocycles. The Hall–Kier alpha value is -0.440. The van der Waals surface area contributed by atoms with Crippen LogP contribution in [0.4, 0.5) is 0 Å². The minimum atomic E-state index is -0.0297. The van der Waals surface area contributed by atoms with Gasteiger partial charge in [-0.1, -0.05) is 12.8 Å². The van der Waals surface area contributed by atoms with Crippen LogP contribution in [0.15, 0.2) is 5.11 Å². The number of unbranched alkanes of at least 4 members (excludes halogenated alkanes) is 2. The third-order valence-corrected chi connectivity index (χ3v) is 1.59. The molecule has 0 saturated heterocycles. The molecule has 0 aliphatic heterocycles. The second kappa shape index (κ2) is 5.24. The lowest BCUT2D eigenvalue weighted by atomic mass is 9.98. The molecule has 0 atom stereocenters. The van der Waals surface area contributed by atoms with Gasteiger partial charge >= 0.3 is 0 Å². The van der Waals surface area contributed by atoms with Crippen LogP contribution < -0.4 is 5.73 Å². The fourth-order valence-electron chi connectivity index (χ4n) is 0.948. The van der Waals surface area contributed by atoms with Crippen LogP contribution in [0.2, 0.25) is 0 Å². The fraction of sp³-hybridized carbons (Fsp3) is 1.00. The fourth-order valence-corrected chi connectivity index (χ4v) is 0.948. The first kappa shape index (κ1) is 10.6. The van der Waals surface area contributed by atoms with E-state index in [1.807, 2.05) is 13.8 Å². The molecular weight excluding hydrogens is 138 g/mol. The lowest BCUT2D eigenvalue weighted by Crippen LogP contribution is -2.31. The monoisotopic (exact) mass is 157 g/mol. The van der Waals surface area contributed by atoms with E-state index >= 15 is 0 Å². The molecule has 0 heterocycles. The van der Waals surface area contributed by atoms with Crippen LogP contribution in [-0.4, -0.2) is 12.1 Å². The molecule has 0 aromatic heterocycles. The van der Waals surface area contributed by atoms with E-state index in [0.717, 1.165) is 25.7 Å². The summed E-state index contributed by atoms with van der Waals surface area (Å²) in [5, 5.41) is 3.29. The Morgan fingerprint density at radius 2 is 1.91 bits per heavy atom. The summed E-state index contributed by atoms with van der Waals surface area (Å²) >= 11 is 0. The molecule has 0 unspecified atom stereocenters. The number of rotatable bonds is 6. The first-order valence-corrected chi connectivity index (χ1v) is 4.18. The van der Waals surface area contributed by atoms with Gasteiger partial charge in [0.25, 0.3) is 0 Å². The van der Waals surface area contributed by atoms with Crippen LogP contribution >= 0.6 is 0 Å². The second-order valence-corrected chi connectivity index (χ2v) is 3.68. The number of hydrogen-bond donors (Lipinski definition) is 2. The Balaban J connectivity index is 3.08. The van der Waals surface area contributed by atoms with Crippen LogP contribution in [0.1, 0.15) is 39.5 Å². The van der Waals surface area contributed by atoms with Crippen molar-refractivity contribution >= 4 is 0 Å². The van der Waals surface area contributed by atoms with E-state index in [9.17, 15) is 0 Å². The van der Waals surface area contributed by atoms with Gasteiger partial charge in [0.2, 0.25) is 0 Å². The molecule has 0 aliphatic carbocycles. The minimum Gasteiger partial charge on any atom is -0.326 e. The molecule has 0 rings (SSSR count). The minimum absolute atomic E-state index is 0.0297. The summed E-state index contributed by atoms with van der Waals surface area (Å²) in [7, 11) is 0. The normalized spacial score (nSPS) is 11.5. The predicted octanol–water partition coefficient (Wildman–Crippen LogP) is 2.32. The van der Waals surface area contributed by atoms with Crippen molar-refractivity contribution in [2.24, 2.45) is 10.8 Å². The van der Waals surface area contributed by atoms with Gasteiger partial charge in [0, 0.05) is 5.54 Å². The van der Waals surface area contributed by atoms with Crippen molar-refractivity contribution in [2.75, 3.05) is 6.54 Å². The highest BCUT2D eigenvalue weighted by molar-refractivity contribution is 4.70. The maximum absolute atomic E-state index is 6.56. The summed E-state index contributed by atoms with van der Waals surface area (Å²) < 4.78 is 0. The summed E-state index contributed by atoms with van der Waals surface area (Å²) in [6.45, 7) is 4.76. The summed E-state index contributed by atoms with van der Waals surface area (Å²) in [5.74, 6) is 0. The first-order chi connectivity index (χ1) is 5.06. The lowest BCUT2D eigenvalue weighted by molar-refractivity contribution is 0.446. The zero-order chi connectivity index (χ0) is 8.74. The lowest BCUT2D eigenvalue weighted by Gasteiger charge is -2.17. The number of nitrogens with zero attached hydrogens (tertiary/aromatic N) is 1. The average molecular weight is 157 g/mol. The van der Waals surface area contributed by atoms with Crippen molar-refractivity contribution in [2.45, 2.75) is 45.1 Å². The van der Waals surface area contributed by atoms with Gasteiger partial charge in [-0.25, -0.2) is 5.53 Å². The zero-order valence-corrected chi connectivity index (χ0v) is 7.56. The molecule has 66 valence electrons. The Morgan fingerprint density at radius 3 is 2.36 bits per heavy atom. The Morgan fingerprint density at radius 1 is 1.27 bits per heavy atom. The van der Waals surface area contributed by atoms with Crippen LogP contribution in [0.5, 0.6) is 0 Å². The number of nitrogens with one attached hydrogen (secondary N) is 1. The quantitative estimate of drug-likeness (QED) is 0.451. The van der Waals surface area contributed by atoms with Crippen LogP contribution in [0.25, 0.3) is 0 Å². The number of hydrogen-bond acceptors (Lipinski definition) is 3. The Kier molecular flexibility index (Phi) is 5.03. The van der Waals surface area contributed by atoms with E-state index in [1.165, 1.54) is 0 Å². The van der Waals surface area contributed by atoms with Crippen LogP contribution in [0.3, 0.4) is 0 Å². The van der Waals surface area contributed by atoms with Crippen LogP contribution in [-0.2, 0) is 0 Å². The van der Waals surface area contributed by atoms with Gasteiger partial charge in [-0.15, -0.1) is 0 Å². The van der Waals surface area contributed by atoms with Crippen molar-refractivity contribution < 1.29 is 0 Å². The van der Waals surface area contributed by atoms with Gasteiger partial charge in [-0.3, -0.25) is 0 Å². The second-order valence-electron chi connectivity index (χ2n) is 3.68. The molecule has 11 heavy (non-hydrogen) atoms. The SMILES string of the molecule is CC(C)(N)CCCCCN=N. The molecule has 0 fully saturated rings. The van der Waals surface area contributed by atoms with E-state index in [0.29, 0.717) is 6.54 Å². The molecule has 0 saturated carbocycles. The van der Waals surface area contributed by atoms with Crippen LogP contribution in [0, 0.1) is 5.53 Å². The standard InChI is InChI=1S/C8H19N3/c1-8(2,9)6-4-3-5-7-11-10/h10H,3-7,9H2,1-2H3. The van der Waals surface area contributed by atoms with E-state index in [4.69, 9.17) is 11.3 Å². The maximum Gasteiger partial charge on any atom is 0.0596 e. The molecular formula is C8H19N3. The Bertz CT molecular complexity index is 104. The molecule has 0 aromatic rings. The zero-order valence-electron chi connectivity index (χ0n) is 7.56. The highest BCUT2D eigenvalue weighted by Gasteiger charge is 2.08. The third-order valence-electron chi connectivity index (χ3n) is 1.59. The van der Waals surface area contributed by atoms with Crippen molar-refractivity contribution in [3.63, 3.8) is 0 Å². The largest absolute Gasteiger partial charge is 0.326 e. The summed E-state index contributed by atoms with van der Waals surface area (Å²) in [4.78, 5) is 0. The topological polar surface area (TPSA) is 62.2 Å². The van der Waals surface area contributed by atoms with E-state index in [-0.39, 0.29) is 5.54 Å². The summed E-state index contributed by atoms with van der Waals surface area (Å²) in [6.07, 6.45) is 4.38. The highest BCUT2D eigenvalue weighted by Crippen LogP contribution is 2.10. The van der Waals surface area contributed by atoms with Gasteiger partial charge < -0.3 is 5.73 Å². The highest BCUT2D eigenvalue weighted by atomic mass is 14.9. The smallest absolute Gasteiger partial charge is 0.0596 e. The van der Waals surface area contributed by atoms with Gasteiger partial charge in [0.15, 0.2) is 0 Å². The molecule has 3 nitrogen and oxygen atoms in total. The molecule has 3 heteroatoms. The van der Waals surface area contributed by atoms with Gasteiger partial charge in [0.05, 0.1) is 6.54 Å². The first-order valence-electron chi connectivity index (χ1n) is 4.18. The average Bonchev–Trinajstić information content (AvgIpc) is 1.85. The van der Waals surface area contributed by atoms with E-state index < -0.39 is 0 Å². The molecule has 0 spiro atoms. The van der Waals surface area contributed by atoms with Crippen molar-refractivity contribution in [3.8, 4) is 0 Å². The third kappa shape index (κ3) is 9.56. The molecule has 3 N–H and O–H groups in total. The van der Waals surface area contributed by atoms with Gasteiger partial charge in [-0.05, 0) is 26.7 Å². The predicted molar refractivity (Wildman–Crippen MR) is 46.7 cm³/mol. The Labute approximate surface area is 68.9 Å². The van der Waals surface area contributed by atoms with Crippen molar-refractivity contribution in [1.82, 2.24) is 0 Å². The summed E-state index contributed by atoms with van der Waals surface area (Å²) in [5.41, 5.74) is 12.3. The van der Waals surface area contributed by atoms with Gasteiger partial charge in [0.1, 0.15) is 0 Å². The molecule has 0 bridgehead atoms. The van der Waals surface area contributed by atoms with Crippen molar-refractivity contribution in [3.05, 3.63) is 0 Å². The molecule has 0 radical (unpaired) electrons. The van der Waals surface area contributed by atoms with E-state index in [1.54, 1.807) is 0 Å². The van der Waals surface area contributed by atoms with Crippen molar-refractivity contribution in [1.29, 1.82) is 5.53 Å². The van der Waals surface area contributed by atoms with E-state index in [2.05, 4.69) is 5.11 Å². The number of nitrogens with two attached hydrogens (primary N) is 1. The molecule has 0 amide bonds. The maximum atomic E-state index is 6.56. The molecule has 0 aliphatic rings.